The van der Waals surface area contributed by atoms with E-state index in [-0.39, 0.29) is 18.6 Å². The highest BCUT2D eigenvalue weighted by Gasteiger charge is 2.33. The number of nitrogens with zero attached hydrogens (tertiary/aromatic N) is 2. The first-order chi connectivity index (χ1) is 9.27. The molecule has 4 nitrogen and oxygen atoms in total. The van der Waals surface area contributed by atoms with E-state index in [1.165, 1.54) is 0 Å². The molecule has 0 aromatic heterocycles. The minimum absolute atomic E-state index is 0.0603. The Morgan fingerprint density at radius 3 is 2.58 bits per heavy atom. The second-order valence-corrected chi connectivity index (χ2v) is 4.81. The van der Waals surface area contributed by atoms with Gasteiger partial charge in [0.05, 0.1) is 12.7 Å². The molecule has 19 heavy (non-hydrogen) atoms. The van der Waals surface area contributed by atoms with E-state index in [1.54, 1.807) is 17.0 Å². The molecular weight excluding hydrogens is 240 g/mol. The van der Waals surface area contributed by atoms with Crippen LogP contribution < -0.4 is 0 Å². The molecule has 1 aromatic rings. The van der Waals surface area contributed by atoms with Crippen molar-refractivity contribution in [1.82, 2.24) is 4.90 Å². The lowest BCUT2D eigenvalue weighted by Crippen LogP contribution is -2.47. The third-order valence-electron chi connectivity index (χ3n) is 3.65. The molecule has 0 saturated heterocycles. The maximum atomic E-state index is 12.5. The van der Waals surface area contributed by atoms with Gasteiger partial charge in [-0.1, -0.05) is 30.3 Å². The van der Waals surface area contributed by atoms with Crippen LogP contribution in [0.4, 0.5) is 0 Å². The van der Waals surface area contributed by atoms with Crippen LogP contribution in [-0.2, 0) is 4.79 Å². The monoisotopic (exact) mass is 258 g/mol. The first-order valence-corrected chi connectivity index (χ1v) is 6.64. The zero-order chi connectivity index (χ0) is 13.7. The first kappa shape index (κ1) is 13.6. The van der Waals surface area contributed by atoms with Crippen molar-refractivity contribution >= 4 is 5.91 Å². The van der Waals surface area contributed by atoms with Gasteiger partial charge in [0.1, 0.15) is 5.92 Å². The average Bonchev–Trinajstić information content (AvgIpc) is 2.38. The molecule has 1 atom stereocenters. The fourth-order valence-electron chi connectivity index (χ4n) is 2.36. The van der Waals surface area contributed by atoms with E-state index < -0.39 is 5.92 Å². The number of rotatable bonds is 5. The van der Waals surface area contributed by atoms with Crippen LogP contribution in [0, 0.1) is 11.3 Å². The Balaban J connectivity index is 2.17. The summed E-state index contributed by atoms with van der Waals surface area (Å²) in [5.41, 5.74) is 0.720. The predicted molar refractivity (Wildman–Crippen MR) is 71.2 cm³/mol. The van der Waals surface area contributed by atoms with Crippen molar-refractivity contribution in [2.24, 2.45) is 0 Å². The summed E-state index contributed by atoms with van der Waals surface area (Å²) < 4.78 is 0. The van der Waals surface area contributed by atoms with E-state index in [2.05, 4.69) is 6.07 Å². The highest BCUT2D eigenvalue weighted by Crippen LogP contribution is 2.28. The van der Waals surface area contributed by atoms with E-state index in [1.807, 2.05) is 18.2 Å². The normalized spacial score (nSPS) is 16.2. The van der Waals surface area contributed by atoms with Gasteiger partial charge in [0.15, 0.2) is 0 Å². The Hall–Kier alpha value is -1.86. The lowest BCUT2D eigenvalue weighted by molar-refractivity contribution is -0.136. The van der Waals surface area contributed by atoms with E-state index in [4.69, 9.17) is 5.11 Å². The van der Waals surface area contributed by atoms with Gasteiger partial charge >= 0.3 is 0 Å². The fraction of sp³-hybridized carbons (Fsp3) is 0.467. The van der Waals surface area contributed by atoms with Crippen molar-refractivity contribution in [2.45, 2.75) is 31.2 Å². The van der Waals surface area contributed by atoms with Crippen LogP contribution in [0.2, 0.25) is 0 Å². The van der Waals surface area contributed by atoms with E-state index >= 15 is 0 Å². The van der Waals surface area contributed by atoms with E-state index in [9.17, 15) is 10.1 Å². The fourth-order valence-corrected chi connectivity index (χ4v) is 2.36. The van der Waals surface area contributed by atoms with Gasteiger partial charge in [-0.3, -0.25) is 4.79 Å². The maximum absolute atomic E-state index is 12.5. The summed E-state index contributed by atoms with van der Waals surface area (Å²) in [6.45, 7) is 0.254. The molecule has 1 amide bonds. The van der Waals surface area contributed by atoms with Crippen molar-refractivity contribution in [2.75, 3.05) is 13.2 Å². The molecule has 1 N–H and O–H groups in total. The number of amides is 1. The number of hydrogen-bond donors (Lipinski definition) is 1. The summed E-state index contributed by atoms with van der Waals surface area (Å²) in [7, 11) is 0. The Kier molecular flexibility index (Phi) is 4.53. The number of carbonyl (C=O) groups is 1. The molecule has 1 aliphatic carbocycles. The third kappa shape index (κ3) is 2.94. The number of carbonyl (C=O) groups excluding carboxylic acids is 1. The summed E-state index contributed by atoms with van der Waals surface area (Å²) in [4.78, 5) is 14.2. The number of benzene rings is 1. The van der Waals surface area contributed by atoms with Crippen molar-refractivity contribution in [1.29, 1.82) is 5.26 Å². The molecule has 1 saturated carbocycles. The van der Waals surface area contributed by atoms with Gasteiger partial charge in [0.25, 0.3) is 0 Å². The van der Waals surface area contributed by atoms with Gasteiger partial charge in [-0.2, -0.15) is 5.26 Å². The van der Waals surface area contributed by atoms with Gasteiger partial charge in [0, 0.05) is 12.6 Å². The molecule has 2 rings (SSSR count). The molecule has 1 aromatic carbocycles. The van der Waals surface area contributed by atoms with Gasteiger partial charge in [-0.15, -0.1) is 0 Å². The largest absolute Gasteiger partial charge is 0.395 e. The molecule has 1 unspecified atom stereocenters. The lowest BCUT2D eigenvalue weighted by Gasteiger charge is -2.38. The minimum Gasteiger partial charge on any atom is -0.395 e. The topological polar surface area (TPSA) is 64.3 Å². The molecule has 4 heteroatoms. The van der Waals surface area contributed by atoms with Crippen LogP contribution in [0.15, 0.2) is 30.3 Å². The van der Waals surface area contributed by atoms with Gasteiger partial charge < -0.3 is 10.0 Å². The number of aliphatic hydroxyl groups excluding tert-OH is 1. The molecule has 0 bridgehead atoms. The van der Waals surface area contributed by atoms with E-state index in [0.29, 0.717) is 6.54 Å². The number of hydrogen-bond acceptors (Lipinski definition) is 3. The zero-order valence-corrected chi connectivity index (χ0v) is 10.8. The highest BCUT2D eigenvalue weighted by atomic mass is 16.3. The van der Waals surface area contributed by atoms with E-state index in [0.717, 1.165) is 24.8 Å². The quantitative estimate of drug-likeness (QED) is 0.873. The Bertz CT molecular complexity index is 463. The smallest absolute Gasteiger partial charge is 0.244 e. The van der Waals surface area contributed by atoms with Crippen LogP contribution in [0.25, 0.3) is 0 Å². The van der Waals surface area contributed by atoms with Crippen LogP contribution in [0.1, 0.15) is 30.7 Å². The second-order valence-electron chi connectivity index (χ2n) is 4.81. The van der Waals surface area contributed by atoms with Crippen LogP contribution in [0.3, 0.4) is 0 Å². The Morgan fingerprint density at radius 1 is 1.42 bits per heavy atom. The first-order valence-electron chi connectivity index (χ1n) is 6.64. The summed E-state index contributed by atoms with van der Waals surface area (Å²) in [5, 5.41) is 18.4. The Morgan fingerprint density at radius 2 is 2.11 bits per heavy atom. The molecule has 0 radical (unpaired) electrons. The molecular formula is C15H18N2O2. The van der Waals surface area contributed by atoms with Crippen LogP contribution in [0.5, 0.6) is 0 Å². The van der Waals surface area contributed by atoms with Gasteiger partial charge in [0.2, 0.25) is 5.91 Å². The zero-order valence-electron chi connectivity index (χ0n) is 10.8. The highest BCUT2D eigenvalue weighted by molar-refractivity contribution is 5.86. The summed E-state index contributed by atoms with van der Waals surface area (Å²) in [5.74, 6) is -0.958. The third-order valence-corrected chi connectivity index (χ3v) is 3.65. The molecule has 0 heterocycles. The maximum Gasteiger partial charge on any atom is 0.244 e. The molecule has 1 fully saturated rings. The summed E-state index contributed by atoms with van der Waals surface area (Å²) in [6, 6.07) is 11.4. The van der Waals surface area contributed by atoms with Crippen molar-refractivity contribution in [3.63, 3.8) is 0 Å². The molecule has 0 aliphatic heterocycles. The summed E-state index contributed by atoms with van der Waals surface area (Å²) >= 11 is 0. The predicted octanol–water partition coefficient (Wildman–Crippen LogP) is 1.67. The number of nitriles is 1. The standard InChI is InChI=1S/C15H18N2O2/c16-11-14(12-5-2-1-3-6-12)15(19)17(9-10-18)13-7-4-8-13/h1-3,5-6,13-14,18H,4,7-10H2. The lowest BCUT2D eigenvalue weighted by atomic mass is 9.89. The molecule has 1 aliphatic rings. The van der Waals surface area contributed by atoms with Crippen LogP contribution >= 0.6 is 0 Å². The molecule has 100 valence electrons. The second kappa shape index (κ2) is 6.35. The SMILES string of the molecule is N#CC(C(=O)N(CCO)C1CCC1)c1ccccc1. The Labute approximate surface area is 113 Å². The number of aliphatic hydroxyl groups is 1. The summed E-state index contributed by atoms with van der Waals surface area (Å²) in [6.07, 6.45) is 3.06. The van der Waals surface area contributed by atoms with Crippen molar-refractivity contribution < 1.29 is 9.90 Å². The average molecular weight is 258 g/mol. The molecule has 0 spiro atoms. The van der Waals surface area contributed by atoms with Crippen LogP contribution in [-0.4, -0.2) is 35.1 Å². The van der Waals surface area contributed by atoms with Crippen molar-refractivity contribution in [3.05, 3.63) is 35.9 Å². The van der Waals surface area contributed by atoms with Gasteiger partial charge in [-0.25, -0.2) is 0 Å². The minimum atomic E-state index is -0.770. The van der Waals surface area contributed by atoms with Crippen molar-refractivity contribution in [3.8, 4) is 6.07 Å². The van der Waals surface area contributed by atoms with Gasteiger partial charge in [-0.05, 0) is 24.8 Å².